The van der Waals surface area contributed by atoms with Crippen molar-refractivity contribution in [1.29, 1.82) is 0 Å². The first-order valence-corrected chi connectivity index (χ1v) is 13.9. The molecular weight excluding hydrogens is 536 g/mol. The van der Waals surface area contributed by atoms with Gasteiger partial charge in [0, 0.05) is 12.3 Å². The van der Waals surface area contributed by atoms with Crippen LogP contribution in [0.5, 0.6) is 5.75 Å². The van der Waals surface area contributed by atoms with Crippen LogP contribution in [0.1, 0.15) is 37.0 Å². The number of carbonyl (C=O) groups is 4. The van der Waals surface area contributed by atoms with Gasteiger partial charge < -0.3 is 25.2 Å². The van der Waals surface area contributed by atoms with E-state index in [9.17, 15) is 24.3 Å². The highest BCUT2D eigenvalue weighted by atomic mass is 16.6. The highest BCUT2D eigenvalue weighted by molar-refractivity contribution is 5.98. The van der Waals surface area contributed by atoms with Gasteiger partial charge in [0.2, 0.25) is 5.91 Å². The number of phenols is 1. The number of hydrogen-bond donors (Lipinski definition) is 3. The van der Waals surface area contributed by atoms with Crippen molar-refractivity contribution in [2.45, 2.75) is 57.4 Å². The quantitative estimate of drug-likeness (QED) is 0.249. The van der Waals surface area contributed by atoms with E-state index in [0.717, 1.165) is 16.7 Å². The van der Waals surface area contributed by atoms with Gasteiger partial charge in [-0.25, -0.2) is 4.79 Å². The molecule has 9 nitrogen and oxygen atoms in total. The molecule has 1 fully saturated rings. The zero-order valence-electron chi connectivity index (χ0n) is 23.7. The lowest BCUT2D eigenvalue weighted by Gasteiger charge is -2.24. The van der Waals surface area contributed by atoms with Gasteiger partial charge in [0.15, 0.2) is 11.6 Å². The number of amides is 2. The van der Waals surface area contributed by atoms with E-state index in [2.05, 4.69) is 10.6 Å². The van der Waals surface area contributed by atoms with Gasteiger partial charge in [-0.3, -0.25) is 14.4 Å². The Morgan fingerprint density at radius 3 is 2.02 bits per heavy atom. The lowest BCUT2D eigenvalue weighted by Crippen LogP contribution is -2.50. The molecule has 1 heterocycles. The molecule has 0 radical (unpaired) electrons. The molecule has 220 valence electrons. The molecule has 2 amide bonds. The average molecular weight is 573 g/mol. The van der Waals surface area contributed by atoms with Crippen molar-refractivity contribution in [2.75, 3.05) is 6.61 Å². The molecule has 3 aromatic rings. The van der Waals surface area contributed by atoms with E-state index in [0.29, 0.717) is 0 Å². The number of ketones is 2. The van der Waals surface area contributed by atoms with E-state index in [1.807, 2.05) is 60.7 Å². The summed E-state index contributed by atoms with van der Waals surface area (Å²) in [7, 11) is 0. The molecule has 4 atom stereocenters. The van der Waals surface area contributed by atoms with Crippen molar-refractivity contribution in [3.05, 3.63) is 102 Å². The molecule has 3 aromatic carbocycles. The Hall–Kier alpha value is -4.50. The Morgan fingerprint density at radius 2 is 1.43 bits per heavy atom. The average Bonchev–Trinajstić information content (AvgIpc) is 3.75. The second-order valence-corrected chi connectivity index (χ2v) is 10.8. The Kier molecular flexibility index (Phi) is 10.1. The maximum Gasteiger partial charge on any atom is 0.408 e. The number of rotatable bonds is 14. The molecule has 1 saturated heterocycles. The molecule has 0 saturated carbocycles. The normalized spacial score (nSPS) is 17.8. The first-order chi connectivity index (χ1) is 20.1. The lowest BCUT2D eigenvalue weighted by atomic mass is 9.90. The molecule has 9 heteroatoms. The van der Waals surface area contributed by atoms with Crippen LogP contribution < -0.4 is 10.6 Å². The summed E-state index contributed by atoms with van der Waals surface area (Å²) in [5.41, 5.74) is 1.44. The van der Waals surface area contributed by atoms with Gasteiger partial charge in [0.25, 0.3) is 0 Å². The molecule has 1 aliphatic heterocycles. The lowest BCUT2D eigenvalue weighted by molar-refractivity contribution is -0.134. The number of nitrogens with one attached hydrogen (secondary N) is 2. The summed E-state index contributed by atoms with van der Waals surface area (Å²) < 4.78 is 10.6. The Bertz CT molecular complexity index is 1370. The molecule has 3 N–H and O–H groups in total. The van der Waals surface area contributed by atoms with Crippen LogP contribution in [0.4, 0.5) is 4.79 Å². The monoisotopic (exact) mass is 572 g/mol. The number of benzene rings is 3. The minimum absolute atomic E-state index is 0.0612. The topological polar surface area (TPSA) is 134 Å². The first kappa shape index (κ1) is 30.5. The smallest absolute Gasteiger partial charge is 0.408 e. The van der Waals surface area contributed by atoms with E-state index >= 15 is 0 Å². The second-order valence-electron chi connectivity index (χ2n) is 10.8. The van der Waals surface area contributed by atoms with Crippen LogP contribution in [0.3, 0.4) is 0 Å². The number of ether oxygens (including phenoxy) is 2. The summed E-state index contributed by atoms with van der Waals surface area (Å²) in [6, 6.07) is 23.1. The van der Waals surface area contributed by atoms with Crippen LogP contribution in [0, 0.1) is 5.92 Å². The molecule has 0 aromatic heterocycles. The molecule has 0 spiro atoms. The fourth-order valence-electron chi connectivity index (χ4n) is 4.58. The van der Waals surface area contributed by atoms with Crippen LogP contribution >= 0.6 is 0 Å². The van der Waals surface area contributed by atoms with Gasteiger partial charge in [-0.1, -0.05) is 72.8 Å². The molecule has 4 rings (SSSR count). The summed E-state index contributed by atoms with van der Waals surface area (Å²) >= 11 is 0. The zero-order valence-corrected chi connectivity index (χ0v) is 23.7. The van der Waals surface area contributed by atoms with Crippen molar-refractivity contribution < 1.29 is 33.8 Å². The van der Waals surface area contributed by atoms with E-state index in [4.69, 9.17) is 9.47 Å². The Labute approximate surface area is 245 Å². The third-order valence-corrected chi connectivity index (χ3v) is 7.28. The van der Waals surface area contributed by atoms with Gasteiger partial charge in [-0.15, -0.1) is 0 Å². The zero-order chi connectivity index (χ0) is 30.1. The standard InChI is InChI=1S/C33H36N2O7/c1-22(34-32(40)41-20-25-11-7-4-8-12-25)29(37)19-26(17-23-9-5-3-6-10-23)31(39)35-28(30(38)33(2)21-42-33)18-24-13-15-27(36)16-14-24/h3-16,22,26,28,36H,17-21H2,1-2H3,(H,34,40)(H,35,39)/t22?,26-,28+,33?/m1/s1. The molecule has 1 aliphatic rings. The predicted octanol–water partition coefficient (Wildman–Crippen LogP) is 3.91. The number of aromatic hydroxyl groups is 1. The fourth-order valence-corrected chi connectivity index (χ4v) is 4.58. The van der Waals surface area contributed by atoms with Gasteiger partial charge in [0.1, 0.15) is 18.0 Å². The third kappa shape index (κ3) is 8.75. The second kappa shape index (κ2) is 13.9. The van der Waals surface area contributed by atoms with E-state index in [-0.39, 0.29) is 49.8 Å². The molecule has 0 aliphatic carbocycles. The van der Waals surface area contributed by atoms with Gasteiger partial charge in [-0.2, -0.15) is 0 Å². The molecule has 2 unspecified atom stereocenters. The van der Waals surface area contributed by atoms with E-state index in [1.165, 1.54) is 12.1 Å². The van der Waals surface area contributed by atoms with Gasteiger partial charge >= 0.3 is 6.09 Å². The van der Waals surface area contributed by atoms with Crippen LogP contribution in [0.2, 0.25) is 0 Å². The predicted molar refractivity (Wildman–Crippen MR) is 156 cm³/mol. The first-order valence-electron chi connectivity index (χ1n) is 13.9. The molecule has 0 bridgehead atoms. The summed E-state index contributed by atoms with van der Waals surface area (Å²) in [4.78, 5) is 52.5. The van der Waals surface area contributed by atoms with Crippen molar-refractivity contribution in [3.8, 4) is 5.75 Å². The van der Waals surface area contributed by atoms with Crippen LogP contribution in [0.25, 0.3) is 0 Å². The van der Waals surface area contributed by atoms with Crippen LogP contribution in [0.15, 0.2) is 84.9 Å². The number of carbonyl (C=O) groups excluding carboxylic acids is 4. The Morgan fingerprint density at radius 1 is 0.857 bits per heavy atom. The van der Waals surface area contributed by atoms with E-state index in [1.54, 1.807) is 26.0 Å². The number of epoxide rings is 1. The largest absolute Gasteiger partial charge is 0.508 e. The van der Waals surface area contributed by atoms with Crippen LogP contribution in [-0.2, 0) is 43.3 Å². The molecular formula is C33H36N2O7. The van der Waals surface area contributed by atoms with E-state index < -0.39 is 35.6 Å². The van der Waals surface area contributed by atoms with Crippen LogP contribution in [-0.4, -0.2) is 53.0 Å². The third-order valence-electron chi connectivity index (χ3n) is 7.28. The Balaban J connectivity index is 1.44. The van der Waals surface area contributed by atoms with Crippen molar-refractivity contribution in [2.24, 2.45) is 5.92 Å². The minimum atomic E-state index is -0.974. The minimum Gasteiger partial charge on any atom is -0.508 e. The number of alkyl carbamates (subject to hydrolysis) is 1. The van der Waals surface area contributed by atoms with Crippen molar-refractivity contribution in [3.63, 3.8) is 0 Å². The molecule has 42 heavy (non-hydrogen) atoms. The number of Topliss-reactive ketones (excluding diaryl/α,β-unsaturated/α-hetero) is 2. The van der Waals surface area contributed by atoms with Crippen molar-refractivity contribution >= 4 is 23.6 Å². The highest BCUT2D eigenvalue weighted by Gasteiger charge is 2.50. The maximum atomic E-state index is 13.7. The number of hydrogen-bond acceptors (Lipinski definition) is 7. The summed E-state index contributed by atoms with van der Waals surface area (Å²) in [6.45, 7) is 3.56. The summed E-state index contributed by atoms with van der Waals surface area (Å²) in [6.07, 6.45) is -0.436. The van der Waals surface area contributed by atoms with Gasteiger partial charge in [-0.05, 0) is 55.5 Å². The fraction of sp³-hybridized carbons (Fsp3) is 0.333. The van der Waals surface area contributed by atoms with Gasteiger partial charge in [0.05, 0.1) is 18.7 Å². The van der Waals surface area contributed by atoms with Crippen molar-refractivity contribution in [1.82, 2.24) is 10.6 Å². The SMILES string of the molecule is CC(NC(=O)OCc1ccccc1)C(=O)C[C@@H](Cc1ccccc1)C(=O)N[C@@H](Cc1ccc(O)cc1)C(=O)C1(C)CO1. The summed E-state index contributed by atoms with van der Waals surface area (Å²) in [5.74, 6) is -1.76. The maximum absolute atomic E-state index is 13.7. The summed E-state index contributed by atoms with van der Waals surface area (Å²) in [5, 5.41) is 15.1. The highest BCUT2D eigenvalue weighted by Crippen LogP contribution is 2.29. The number of phenolic OH excluding ortho intramolecular Hbond substituents is 1.